The van der Waals surface area contributed by atoms with Gasteiger partial charge in [-0.05, 0) is 35.1 Å². The van der Waals surface area contributed by atoms with E-state index in [1.54, 1.807) is 11.3 Å². The highest BCUT2D eigenvalue weighted by molar-refractivity contribution is 7.10. The Morgan fingerprint density at radius 1 is 1.07 bits per heavy atom. The van der Waals surface area contributed by atoms with Gasteiger partial charge in [-0.15, -0.1) is 11.3 Å². The first kappa shape index (κ1) is 21.8. The van der Waals surface area contributed by atoms with Crippen LogP contribution in [0.1, 0.15) is 43.2 Å². The number of allylic oxidation sites excluding steroid dienone is 2. The lowest BCUT2D eigenvalue weighted by Gasteiger charge is -2.35. The van der Waals surface area contributed by atoms with Gasteiger partial charge in [0, 0.05) is 10.8 Å². The first-order chi connectivity index (χ1) is 12.7. The van der Waals surface area contributed by atoms with Crippen molar-refractivity contribution in [1.82, 2.24) is 0 Å². The first-order valence-electron chi connectivity index (χ1n) is 9.46. The Morgan fingerprint density at radius 3 is 2.37 bits per heavy atom. The molecule has 1 aromatic heterocycles. The van der Waals surface area contributed by atoms with Crippen molar-refractivity contribution in [3.8, 4) is 0 Å². The predicted molar refractivity (Wildman–Crippen MR) is 120 cm³/mol. The van der Waals surface area contributed by atoms with Gasteiger partial charge >= 0.3 is 0 Å². The first-order valence-corrected chi connectivity index (χ1v) is 13.2. The summed E-state index contributed by atoms with van der Waals surface area (Å²) in [5.41, 5.74) is 0.936. The van der Waals surface area contributed by atoms with Crippen molar-refractivity contribution in [3.63, 3.8) is 0 Å². The van der Waals surface area contributed by atoms with E-state index in [4.69, 9.17) is 4.43 Å². The summed E-state index contributed by atoms with van der Waals surface area (Å²) in [5, 5.41) is 13.1. The third kappa shape index (κ3) is 6.28. The molecule has 0 unspecified atom stereocenters. The average Bonchev–Trinajstić information content (AvgIpc) is 3.14. The maximum atomic E-state index is 10.9. The van der Waals surface area contributed by atoms with E-state index in [1.807, 2.05) is 48.6 Å². The number of aliphatic hydroxyl groups excluding tert-OH is 1. The number of aliphatic hydroxyl groups is 1. The molecule has 0 spiro atoms. The molecule has 27 heavy (non-hydrogen) atoms. The number of thiophene rings is 1. The highest BCUT2D eigenvalue weighted by Crippen LogP contribution is 2.36. The van der Waals surface area contributed by atoms with Gasteiger partial charge in [-0.1, -0.05) is 81.5 Å². The Morgan fingerprint density at radius 2 is 1.78 bits per heavy atom. The fourth-order valence-electron chi connectivity index (χ4n) is 2.49. The molecule has 1 N–H and O–H groups in total. The molecular formula is C23H32O2SSi. The van der Waals surface area contributed by atoms with E-state index in [2.05, 4.69) is 57.5 Å². The topological polar surface area (TPSA) is 29.5 Å². The van der Waals surface area contributed by atoms with Gasteiger partial charge < -0.3 is 9.53 Å². The molecule has 4 heteroatoms. The van der Waals surface area contributed by atoms with Crippen molar-refractivity contribution in [2.24, 2.45) is 0 Å². The molecule has 146 valence electrons. The van der Waals surface area contributed by atoms with Crippen LogP contribution in [0.25, 0.3) is 0 Å². The van der Waals surface area contributed by atoms with E-state index >= 15 is 0 Å². The minimum absolute atomic E-state index is 0.0571. The smallest absolute Gasteiger partial charge is 0.192 e. The summed E-state index contributed by atoms with van der Waals surface area (Å²) in [6, 6.07) is 14.0. The number of hydrogen-bond donors (Lipinski definition) is 1. The fourth-order valence-corrected chi connectivity index (χ4v) is 4.27. The van der Waals surface area contributed by atoms with E-state index in [0.29, 0.717) is 6.61 Å². The molecule has 0 aliphatic carbocycles. The number of benzene rings is 1. The van der Waals surface area contributed by atoms with Gasteiger partial charge in [-0.25, -0.2) is 0 Å². The lowest BCUT2D eigenvalue weighted by atomic mass is 9.94. The molecule has 0 bridgehead atoms. The largest absolute Gasteiger partial charge is 0.413 e. The zero-order chi connectivity index (χ0) is 19.9. The van der Waals surface area contributed by atoms with Gasteiger partial charge in [-0.3, -0.25) is 0 Å². The normalized spacial score (nSPS) is 15.5. The molecule has 2 aromatic rings. The predicted octanol–water partition coefficient (Wildman–Crippen LogP) is 6.70. The Kier molecular flexibility index (Phi) is 7.80. The molecule has 2 atom stereocenters. The van der Waals surface area contributed by atoms with Crippen LogP contribution in [0.4, 0.5) is 0 Å². The summed E-state index contributed by atoms with van der Waals surface area (Å²) in [4.78, 5) is 1.16. The number of rotatable bonds is 8. The van der Waals surface area contributed by atoms with Crippen molar-refractivity contribution in [2.75, 3.05) is 6.61 Å². The fraction of sp³-hybridized carbons (Fsp3) is 0.391. The van der Waals surface area contributed by atoms with Crippen LogP contribution in [0, 0.1) is 0 Å². The minimum Gasteiger partial charge on any atom is -0.413 e. The minimum atomic E-state index is -1.71. The van der Waals surface area contributed by atoms with E-state index in [1.165, 1.54) is 0 Å². The molecule has 0 saturated carbocycles. The highest BCUT2D eigenvalue weighted by atomic mass is 32.1. The maximum absolute atomic E-state index is 10.9. The molecule has 1 heterocycles. The summed E-state index contributed by atoms with van der Waals surface area (Å²) in [5.74, 6) is -0.0571. The Hall–Kier alpha value is -1.46. The van der Waals surface area contributed by atoms with Crippen LogP contribution in [0.5, 0.6) is 0 Å². The molecule has 2 rings (SSSR count). The van der Waals surface area contributed by atoms with E-state index < -0.39 is 14.4 Å². The molecule has 0 aliphatic rings. The van der Waals surface area contributed by atoms with Crippen LogP contribution in [0.3, 0.4) is 0 Å². The van der Waals surface area contributed by atoms with E-state index in [9.17, 15) is 5.11 Å². The van der Waals surface area contributed by atoms with Gasteiger partial charge in [-0.2, -0.15) is 0 Å². The Bertz CT molecular complexity index is 727. The summed E-state index contributed by atoms with van der Waals surface area (Å²) >= 11 is 1.67. The molecule has 0 saturated heterocycles. The SMILES string of the molecule is CC(C)(C)[Si](C)(C)OC/C=C/C=C\[C@H](c1cccs1)[C@H](O)c1ccccc1. The van der Waals surface area contributed by atoms with Crippen LogP contribution in [0.15, 0.2) is 72.1 Å². The Balaban J connectivity index is 2.02. The van der Waals surface area contributed by atoms with Crippen LogP contribution in [0.2, 0.25) is 18.1 Å². The molecule has 0 aliphatic heterocycles. The Labute approximate surface area is 169 Å². The van der Waals surface area contributed by atoms with Crippen molar-refractivity contribution >= 4 is 19.7 Å². The van der Waals surface area contributed by atoms with E-state index in [0.717, 1.165) is 10.4 Å². The van der Waals surface area contributed by atoms with Gasteiger partial charge in [0.15, 0.2) is 8.32 Å². The zero-order valence-electron chi connectivity index (χ0n) is 17.1. The second kappa shape index (κ2) is 9.65. The summed E-state index contributed by atoms with van der Waals surface area (Å²) < 4.78 is 6.16. The molecule has 0 fully saturated rings. The second-order valence-electron chi connectivity index (χ2n) is 8.28. The lowest BCUT2D eigenvalue weighted by Crippen LogP contribution is -2.40. The summed E-state index contributed by atoms with van der Waals surface area (Å²) in [7, 11) is -1.71. The molecule has 1 aromatic carbocycles. The zero-order valence-corrected chi connectivity index (χ0v) is 18.9. The number of hydrogen-bond acceptors (Lipinski definition) is 3. The molecule has 0 amide bonds. The van der Waals surface area contributed by atoms with Gasteiger partial charge in [0.05, 0.1) is 12.7 Å². The lowest BCUT2D eigenvalue weighted by molar-refractivity contribution is 0.163. The third-order valence-corrected chi connectivity index (χ3v) is 10.7. The van der Waals surface area contributed by atoms with Crippen LogP contribution < -0.4 is 0 Å². The summed E-state index contributed by atoms with van der Waals surface area (Å²) in [6.45, 7) is 11.9. The standard InChI is InChI=1S/C23H32O2SSi/c1-23(2,3)27(4,5)25-17-11-7-10-15-20(21-16-12-18-26-21)22(24)19-13-8-6-9-14-19/h6-16,18,20,22,24H,17H2,1-5H3/b11-7+,15-10-/t20-,22-/m1/s1. The maximum Gasteiger partial charge on any atom is 0.192 e. The van der Waals surface area contributed by atoms with E-state index in [-0.39, 0.29) is 11.0 Å². The summed E-state index contributed by atoms with van der Waals surface area (Å²) in [6.07, 6.45) is 7.61. The van der Waals surface area contributed by atoms with Crippen molar-refractivity contribution < 1.29 is 9.53 Å². The van der Waals surface area contributed by atoms with Crippen molar-refractivity contribution in [3.05, 3.63) is 82.6 Å². The molecule has 0 radical (unpaired) electrons. The monoisotopic (exact) mass is 400 g/mol. The highest BCUT2D eigenvalue weighted by Gasteiger charge is 2.36. The van der Waals surface area contributed by atoms with Crippen LogP contribution >= 0.6 is 11.3 Å². The second-order valence-corrected chi connectivity index (χ2v) is 14.1. The quantitative estimate of drug-likeness (QED) is 0.394. The molecular weight excluding hydrogens is 368 g/mol. The van der Waals surface area contributed by atoms with Crippen molar-refractivity contribution in [1.29, 1.82) is 0 Å². The van der Waals surface area contributed by atoms with Crippen LogP contribution in [-0.4, -0.2) is 20.0 Å². The molecule has 2 nitrogen and oxygen atoms in total. The van der Waals surface area contributed by atoms with Gasteiger partial charge in [0.25, 0.3) is 0 Å². The van der Waals surface area contributed by atoms with Crippen LogP contribution in [-0.2, 0) is 4.43 Å². The van der Waals surface area contributed by atoms with Gasteiger partial charge in [0.1, 0.15) is 0 Å². The van der Waals surface area contributed by atoms with Crippen molar-refractivity contribution in [2.45, 2.75) is 50.9 Å². The third-order valence-electron chi connectivity index (χ3n) is 5.27. The average molecular weight is 401 g/mol. The van der Waals surface area contributed by atoms with Gasteiger partial charge in [0.2, 0.25) is 0 Å².